The Hall–Kier alpha value is -1.02. The van der Waals surface area contributed by atoms with Gasteiger partial charge in [0.1, 0.15) is 4.99 Å². The molecule has 1 aromatic carbocycles. The van der Waals surface area contributed by atoms with Crippen molar-refractivity contribution in [2.75, 3.05) is 25.1 Å². The molecule has 3 N–H and O–H groups in total. The molecule has 2 rings (SSSR count). The summed E-state index contributed by atoms with van der Waals surface area (Å²) in [7, 11) is 0. The molecule has 0 saturated carbocycles. The van der Waals surface area contributed by atoms with Crippen molar-refractivity contribution in [3.63, 3.8) is 0 Å². The van der Waals surface area contributed by atoms with E-state index >= 15 is 0 Å². The van der Waals surface area contributed by atoms with E-state index in [1.54, 1.807) is 12.1 Å². The number of nitrogens with one attached hydrogen (secondary N) is 1. The molecule has 0 aliphatic carbocycles. The molecule has 7 heteroatoms. The van der Waals surface area contributed by atoms with Crippen molar-refractivity contribution in [3.05, 3.63) is 28.2 Å². The first kappa shape index (κ1) is 14.4. The van der Waals surface area contributed by atoms with Gasteiger partial charge in [0.05, 0.1) is 25.5 Å². The molecule has 1 unspecified atom stereocenters. The molecule has 0 spiro atoms. The quantitative estimate of drug-likeness (QED) is 0.811. The molecule has 0 aromatic heterocycles. The van der Waals surface area contributed by atoms with Crippen LogP contribution in [0.1, 0.15) is 5.56 Å². The summed E-state index contributed by atoms with van der Waals surface area (Å²) >= 11 is 8.30. The fourth-order valence-electron chi connectivity index (χ4n) is 1.69. The Balaban J connectivity index is 2.15. The van der Waals surface area contributed by atoms with Gasteiger partial charge in [-0.05, 0) is 18.2 Å². The molecule has 1 amide bonds. The summed E-state index contributed by atoms with van der Waals surface area (Å²) < 4.78 is 11.3. The zero-order valence-corrected chi connectivity index (χ0v) is 12.4. The molecule has 19 heavy (non-hydrogen) atoms. The van der Waals surface area contributed by atoms with E-state index in [0.29, 0.717) is 24.5 Å². The maximum Gasteiger partial charge on any atom is 0.255 e. The van der Waals surface area contributed by atoms with Crippen molar-refractivity contribution in [1.29, 1.82) is 0 Å². The number of rotatable bonds is 3. The molecule has 1 fully saturated rings. The van der Waals surface area contributed by atoms with Gasteiger partial charge in [-0.2, -0.15) is 0 Å². The van der Waals surface area contributed by atoms with Crippen LogP contribution in [0.3, 0.4) is 0 Å². The number of amides is 1. The lowest BCUT2D eigenvalue weighted by molar-refractivity contribution is -0.142. The summed E-state index contributed by atoms with van der Waals surface area (Å²) in [5, 5.41) is 2.76. The first-order chi connectivity index (χ1) is 9.08. The number of thiocarbonyl (C=S) groups is 1. The number of hydrogen-bond acceptors (Lipinski definition) is 4. The zero-order valence-electron chi connectivity index (χ0n) is 10.0. The fraction of sp³-hybridized carbons (Fsp3) is 0.333. The largest absolute Gasteiger partial charge is 0.389 e. The number of hydrogen-bond donors (Lipinski definition) is 2. The zero-order chi connectivity index (χ0) is 13.8. The molecule has 1 aliphatic heterocycles. The van der Waals surface area contributed by atoms with E-state index in [1.807, 2.05) is 6.07 Å². The minimum atomic E-state index is -0.605. The third-order valence-electron chi connectivity index (χ3n) is 2.61. The average Bonchev–Trinajstić information content (AvgIpc) is 2.39. The van der Waals surface area contributed by atoms with Gasteiger partial charge in [-0.1, -0.05) is 28.1 Å². The molecule has 1 aromatic rings. The first-order valence-electron chi connectivity index (χ1n) is 5.67. The average molecular weight is 345 g/mol. The van der Waals surface area contributed by atoms with Gasteiger partial charge < -0.3 is 20.5 Å². The molecular weight excluding hydrogens is 332 g/mol. The predicted molar refractivity (Wildman–Crippen MR) is 79.2 cm³/mol. The molecule has 1 heterocycles. The minimum Gasteiger partial charge on any atom is -0.389 e. The van der Waals surface area contributed by atoms with Gasteiger partial charge in [0.25, 0.3) is 5.91 Å². The lowest BCUT2D eigenvalue weighted by atomic mass is 10.1. The first-order valence-corrected chi connectivity index (χ1v) is 6.87. The van der Waals surface area contributed by atoms with Crippen LogP contribution in [0.5, 0.6) is 0 Å². The molecule has 102 valence electrons. The highest BCUT2D eigenvalue weighted by Gasteiger charge is 2.23. The van der Waals surface area contributed by atoms with E-state index in [4.69, 9.17) is 27.4 Å². The van der Waals surface area contributed by atoms with E-state index in [1.165, 1.54) is 0 Å². The number of anilines is 1. The molecule has 5 nitrogen and oxygen atoms in total. The summed E-state index contributed by atoms with van der Waals surface area (Å²) in [5.41, 5.74) is 6.80. The van der Waals surface area contributed by atoms with Crippen LogP contribution in [-0.4, -0.2) is 36.8 Å². The van der Waals surface area contributed by atoms with Crippen molar-refractivity contribution in [2.45, 2.75) is 6.10 Å². The summed E-state index contributed by atoms with van der Waals surface area (Å²) in [6, 6.07) is 5.31. The Morgan fingerprint density at radius 1 is 1.47 bits per heavy atom. The van der Waals surface area contributed by atoms with Crippen molar-refractivity contribution in [3.8, 4) is 0 Å². The summed E-state index contributed by atoms with van der Waals surface area (Å²) in [6.45, 7) is 1.18. The van der Waals surface area contributed by atoms with Gasteiger partial charge in [0.15, 0.2) is 6.10 Å². The number of carbonyl (C=O) groups is 1. The predicted octanol–water partition coefficient (Wildman–Crippen LogP) is 1.44. The Morgan fingerprint density at radius 3 is 2.89 bits per heavy atom. The van der Waals surface area contributed by atoms with Crippen LogP contribution in [0.4, 0.5) is 5.69 Å². The molecular formula is C12H13BrN2O3S. The van der Waals surface area contributed by atoms with E-state index < -0.39 is 6.10 Å². The molecule has 0 radical (unpaired) electrons. The van der Waals surface area contributed by atoms with Crippen LogP contribution in [0.15, 0.2) is 22.7 Å². The van der Waals surface area contributed by atoms with Gasteiger partial charge in [-0.15, -0.1) is 0 Å². The monoisotopic (exact) mass is 344 g/mol. The Morgan fingerprint density at radius 2 is 2.26 bits per heavy atom. The molecule has 1 atom stereocenters. The number of ether oxygens (including phenoxy) is 2. The highest BCUT2D eigenvalue weighted by atomic mass is 79.9. The normalized spacial score (nSPS) is 18.9. The van der Waals surface area contributed by atoms with Gasteiger partial charge in [0, 0.05) is 10.0 Å². The van der Waals surface area contributed by atoms with Crippen LogP contribution in [-0.2, 0) is 14.3 Å². The third-order valence-corrected chi connectivity index (χ3v) is 3.33. The molecule has 0 bridgehead atoms. The van der Waals surface area contributed by atoms with Crippen molar-refractivity contribution < 1.29 is 14.3 Å². The second kappa shape index (κ2) is 6.42. The number of nitrogens with two attached hydrogens (primary N) is 1. The van der Waals surface area contributed by atoms with Gasteiger partial charge in [0.2, 0.25) is 0 Å². The standard InChI is InChI=1S/C12H13BrN2O3S/c13-7-1-2-8(11(14)19)9(5-7)15-12(16)10-6-17-3-4-18-10/h1-2,5,10H,3-4,6H2,(H2,14,19)(H,15,16). The van der Waals surface area contributed by atoms with E-state index in [2.05, 4.69) is 21.2 Å². The van der Waals surface area contributed by atoms with Crippen molar-refractivity contribution >= 4 is 44.7 Å². The van der Waals surface area contributed by atoms with Crippen molar-refractivity contribution in [2.24, 2.45) is 5.73 Å². The van der Waals surface area contributed by atoms with Crippen LogP contribution >= 0.6 is 28.1 Å². The fourth-order valence-corrected chi connectivity index (χ4v) is 2.23. The molecule has 1 aliphatic rings. The van der Waals surface area contributed by atoms with E-state index in [0.717, 1.165) is 4.47 Å². The smallest absolute Gasteiger partial charge is 0.255 e. The summed E-state index contributed by atoms with van der Waals surface area (Å²) in [6.07, 6.45) is -0.605. The van der Waals surface area contributed by atoms with Crippen LogP contribution in [0.25, 0.3) is 0 Å². The SMILES string of the molecule is NC(=S)c1ccc(Br)cc1NC(=O)C1COCCO1. The Bertz CT molecular complexity index is 504. The third kappa shape index (κ3) is 3.73. The highest BCUT2D eigenvalue weighted by molar-refractivity contribution is 9.10. The second-order valence-corrected chi connectivity index (χ2v) is 5.33. The second-order valence-electron chi connectivity index (χ2n) is 3.98. The van der Waals surface area contributed by atoms with Crippen LogP contribution in [0.2, 0.25) is 0 Å². The summed E-state index contributed by atoms with van der Waals surface area (Å²) in [5.74, 6) is -0.268. The Kier molecular flexibility index (Phi) is 4.87. The lowest BCUT2D eigenvalue weighted by Gasteiger charge is -2.22. The minimum absolute atomic E-state index is 0.226. The maximum absolute atomic E-state index is 12.0. The van der Waals surface area contributed by atoms with Gasteiger partial charge in [-0.25, -0.2) is 0 Å². The number of carbonyl (C=O) groups excluding carboxylic acids is 1. The highest BCUT2D eigenvalue weighted by Crippen LogP contribution is 2.22. The maximum atomic E-state index is 12.0. The van der Waals surface area contributed by atoms with Crippen LogP contribution in [0, 0.1) is 0 Å². The summed E-state index contributed by atoms with van der Waals surface area (Å²) in [4.78, 5) is 12.3. The van der Waals surface area contributed by atoms with Gasteiger partial charge in [-0.3, -0.25) is 4.79 Å². The number of benzene rings is 1. The van der Waals surface area contributed by atoms with Gasteiger partial charge >= 0.3 is 0 Å². The van der Waals surface area contributed by atoms with Crippen LogP contribution < -0.4 is 11.1 Å². The van der Waals surface area contributed by atoms with Crippen molar-refractivity contribution in [1.82, 2.24) is 0 Å². The Labute approximate surface area is 124 Å². The van der Waals surface area contributed by atoms with E-state index in [-0.39, 0.29) is 17.5 Å². The number of halogens is 1. The van der Waals surface area contributed by atoms with E-state index in [9.17, 15) is 4.79 Å². The topological polar surface area (TPSA) is 73.6 Å². The molecule has 1 saturated heterocycles. The lowest BCUT2D eigenvalue weighted by Crippen LogP contribution is -2.39.